The Morgan fingerprint density at radius 2 is 1.77 bits per heavy atom. The minimum Gasteiger partial charge on any atom is -0.390 e. The number of oxime groups is 1. The van der Waals surface area contributed by atoms with Crippen LogP contribution in [-0.4, -0.2) is 61.3 Å². The van der Waals surface area contributed by atoms with Gasteiger partial charge in [0.1, 0.15) is 29.3 Å². The average molecular weight is 645 g/mol. The normalized spacial score (nSPS) is 15.4. The monoisotopic (exact) mass is 644 g/mol. The average Bonchev–Trinajstić information content (AvgIpc) is 3.43. The van der Waals surface area contributed by atoms with Gasteiger partial charge in [-0.25, -0.2) is 27.6 Å². The van der Waals surface area contributed by atoms with Gasteiger partial charge >= 0.3 is 6.18 Å². The summed E-state index contributed by atoms with van der Waals surface area (Å²) in [4.78, 5) is 21.2. The summed E-state index contributed by atoms with van der Waals surface area (Å²) >= 11 is 5.92. The number of benzene rings is 2. The zero-order valence-electron chi connectivity index (χ0n) is 21.9. The van der Waals surface area contributed by atoms with Crippen molar-refractivity contribution >= 4 is 45.3 Å². The fraction of sp³-hybridized carbons (Fsp3) is 0.231. The number of carbonyl (C=O) groups is 1. The number of amides is 1. The fourth-order valence-electron chi connectivity index (χ4n) is 3.75. The maximum Gasteiger partial charge on any atom is 0.417 e. The van der Waals surface area contributed by atoms with Crippen molar-refractivity contribution in [1.29, 1.82) is 0 Å². The van der Waals surface area contributed by atoms with Crippen LogP contribution in [0.15, 0.2) is 75.9 Å². The van der Waals surface area contributed by atoms with E-state index < -0.39 is 45.4 Å². The molecule has 4 rings (SSSR count). The molecule has 2 N–H and O–H groups in total. The Bertz CT molecular complexity index is 1620. The van der Waals surface area contributed by atoms with Gasteiger partial charge in [-0.1, -0.05) is 28.9 Å². The van der Waals surface area contributed by atoms with Crippen LogP contribution in [0.2, 0.25) is 5.02 Å². The molecule has 3 aromatic rings. The summed E-state index contributed by atoms with van der Waals surface area (Å²) in [5.41, 5.74) is 1.65. The number of nitrogens with one attached hydrogen (secondary N) is 2. The molecule has 0 spiro atoms. The number of alkyl halides is 3. The number of nitrogens with zero attached hydrogens (tertiary/aromatic N) is 4. The quantitative estimate of drug-likeness (QED) is 0.181. The van der Waals surface area contributed by atoms with Crippen molar-refractivity contribution in [2.24, 2.45) is 10.3 Å². The lowest BCUT2D eigenvalue weighted by atomic mass is 10.2. The molecule has 2 aromatic carbocycles. The van der Waals surface area contributed by atoms with Gasteiger partial charge in [-0.05, 0) is 48.0 Å². The molecule has 1 unspecified atom stereocenters. The van der Waals surface area contributed by atoms with Gasteiger partial charge in [0, 0.05) is 25.7 Å². The molecule has 1 aromatic heterocycles. The van der Waals surface area contributed by atoms with Gasteiger partial charge < -0.3 is 10.2 Å². The number of hydrazone groups is 1. The Morgan fingerprint density at radius 1 is 1.12 bits per heavy atom. The molecule has 1 aliphatic heterocycles. The third-order valence-corrected chi connectivity index (χ3v) is 8.09. The Morgan fingerprint density at radius 3 is 2.40 bits per heavy atom. The van der Waals surface area contributed by atoms with Crippen molar-refractivity contribution in [3.8, 4) is 0 Å². The van der Waals surface area contributed by atoms with Crippen LogP contribution in [0.3, 0.4) is 0 Å². The molecule has 1 amide bonds. The highest BCUT2D eigenvalue weighted by molar-refractivity contribution is 7.89. The lowest BCUT2D eigenvalue weighted by Crippen LogP contribution is -2.41. The summed E-state index contributed by atoms with van der Waals surface area (Å²) in [7, 11) is -4.24. The zero-order chi connectivity index (χ0) is 31.2. The zero-order valence-corrected chi connectivity index (χ0v) is 23.4. The van der Waals surface area contributed by atoms with Gasteiger partial charge in [0.25, 0.3) is 5.91 Å². The van der Waals surface area contributed by atoms with E-state index in [1.165, 1.54) is 30.5 Å². The maximum atomic E-state index is 13.4. The summed E-state index contributed by atoms with van der Waals surface area (Å²) < 4.78 is 93.0. The van der Waals surface area contributed by atoms with Gasteiger partial charge in [-0.2, -0.15) is 22.6 Å². The first kappa shape index (κ1) is 31.8. The smallest absolute Gasteiger partial charge is 0.390 e. The molecule has 2 heterocycles. The predicted octanol–water partition coefficient (Wildman–Crippen LogP) is 4.43. The summed E-state index contributed by atoms with van der Waals surface area (Å²) in [6, 6.07) is 10.1. The number of anilines is 1. The lowest BCUT2D eigenvalue weighted by Gasteiger charge is -2.24. The van der Waals surface area contributed by atoms with Crippen LogP contribution in [-0.2, 0) is 25.8 Å². The molecule has 0 aliphatic carbocycles. The summed E-state index contributed by atoms with van der Waals surface area (Å²) in [6.07, 6.45) is -3.77. The topological polar surface area (TPSA) is 125 Å². The Labute approximate surface area is 247 Å². The SMILES string of the molecule is O=C(N/N=C/c1ccc(F)cc1)C1=NOC(CN(CCNc2ncc(C(F)(F)F)cc2Cl)S(=O)(=O)c2ccc(F)cc2)C1. The highest BCUT2D eigenvalue weighted by atomic mass is 35.5. The summed E-state index contributed by atoms with van der Waals surface area (Å²) in [5.74, 6) is -1.90. The molecule has 228 valence electrons. The summed E-state index contributed by atoms with van der Waals surface area (Å²) in [6.45, 7) is -0.686. The predicted molar refractivity (Wildman–Crippen MR) is 147 cm³/mol. The van der Waals surface area contributed by atoms with Gasteiger partial charge in [-0.3, -0.25) is 4.79 Å². The molecular weight excluding hydrogens is 623 g/mol. The Hall–Kier alpha value is -4.15. The number of sulfonamides is 1. The molecule has 10 nitrogen and oxygen atoms in total. The second-order valence-corrected chi connectivity index (χ2v) is 11.4. The van der Waals surface area contributed by atoms with Crippen molar-refractivity contribution < 1.29 is 40.0 Å². The van der Waals surface area contributed by atoms with Gasteiger partial charge in [-0.15, -0.1) is 0 Å². The van der Waals surface area contributed by atoms with E-state index in [0.717, 1.165) is 28.6 Å². The largest absolute Gasteiger partial charge is 0.417 e. The molecule has 17 heteroatoms. The van der Waals surface area contributed by atoms with Crippen molar-refractivity contribution in [2.45, 2.75) is 23.6 Å². The van der Waals surface area contributed by atoms with Crippen LogP contribution in [0.1, 0.15) is 17.5 Å². The van der Waals surface area contributed by atoms with E-state index in [4.69, 9.17) is 16.4 Å². The van der Waals surface area contributed by atoms with E-state index >= 15 is 0 Å². The Balaban J connectivity index is 1.41. The molecule has 0 saturated carbocycles. The van der Waals surface area contributed by atoms with E-state index in [1.54, 1.807) is 0 Å². The second-order valence-electron chi connectivity index (χ2n) is 9.02. The highest BCUT2D eigenvalue weighted by Gasteiger charge is 2.34. The van der Waals surface area contributed by atoms with Gasteiger partial charge in [0.15, 0.2) is 0 Å². The van der Waals surface area contributed by atoms with Crippen LogP contribution < -0.4 is 10.7 Å². The van der Waals surface area contributed by atoms with Crippen LogP contribution in [0, 0.1) is 11.6 Å². The van der Waals surface area contributed by atoms with E-state index in [-0.39, 0.29) is 47.5 Å². The number of pyridine rings is 1. The van der Waals surface area contributed by atoms with Crippen LogP contribution in [0.25, 0.3) is 0 Å². The molecule has 0 bridgehead atoms. The summed E-state index contributed by atoms with van der Waals surface area (Å²) in [5, 5.41) is 9.87. The molecule has 1 atom stereocenters. The first-order valence-electron chi connectivity index (χ1n) is 12.4. The molecule has 0 saturated heterocycles. The number of rotatable bonds is 11. The second kappa shape index (κ2) is 13.4. The lowest BCUT2D eigenvalue weighted by molar-refractivity contribution is -0.137. The van der Waals surface area contributed by atoms with Crippen LogP contribution in [0.4, 0.5) is 27.8 Å². The third kappa shape index (κ3) is 8.46. The highest BCUT2D eigenvalue weighted by Crippen LogP contribution is 2.32. The van der Waals surface area contributed by atoms with Gasteiger partial charge in [0.2, 0.25) is 10.0 Å². The first-order chi connectivity index (χ1) is 20.3. The number of carbonyl (C=O) groups excluding carboxylic acids is 1. The first-order valence-corrected chi connectivity index (χ1v) is 14.2. The van der Waals surface area contributed by atoms with Crippen LogP contribution in [0.5, 0.6) is 0 Å². The molecule has 1 aliphatic rings. The molecule has 0 radical (unpaired) electrons. The standard InChI is InChI=1S/C26H22ClF5N6O4S/c27-22-11-17(26(30,31)32)14-34-24(22)33-9-10-38(43(40,41)21-7-5-19(29)6-8-21)15-20-12-23(37-42-20)25(39)36-35-13-16-1-3-18(28)4-2-16/h1-8,11,13-14,20H,9-10,12,15H2,(H,33,34)(H,36,39)/b35-13+. The fourth-order valence-corrected chi connectivity index (χ4v) is 5.46. The van der Waals surface area contributed by atoms with Crippen molar-refractivity contribution in [2.75, 3.05) is 25.0 Å². The van der Waals surface area contributed by atoms with Gasteiger partial charge in [0.05, 0.1) is 28.2 Å². The minimum absolute atomic E-state index is 0.0701. The number of hydrogen-bond acceptors (Lipinski definition) is 8. The molecule has 43 heavy (non-hydrogen) atoms. The number of hydrogen-bond donors (Lipinski definition) is 2. The van der Waals surface area contributed by atoms with Crippen molar-refractivity contribution in [3.05, 3.63) is 88.6 Å². The molecular formula is C26H22ClF5N6O4S. The van der Waals surface area contributed by atoms with E-state index in [9.17, 15) is 35.2 Å². The van der Waals surface area contributed by atoms with Crippen molar-refractivity contribution in [3.63, 3.8) is 0 Å². The molecule has 0 fully saturated rings. The maximum absolute atomic E-state index is 13.4. The van der Waals surface area contributed by atoms with Crippen LogP contribution >= 0.6 is 11.6 Å². The minimum atomic E-state index is -4.65. The van der Waals surface area contributed by atoms with Crippen molar-refractivity contribution in [1.82, 2.24) is 14.7 Å². The van der Waals surface area contributed by atoms with E-state index in [2.05, 4.69) is 26.0 Å². The van der Waals surface area contributed by atoms with E-state index in [1.807, 2.05) is 0 Å². The number of aromatic nitrogens is 1. The van der Waals surface area contributed by atoms with E-state index in [0.29, 0.717) is 17.8 Å². The third-order valence-electron chi connectivity index (χ3n) is 5.93. The Kier molecular flexibility index (Phi) is 9.93. The number of halogens is 6.